The van der Waals surface area contributed by atoms with E-state index in [-0.39, 0.29) is 58.6 Å². The van der Waals surface area contributed by atoms with E-state index in [0.29, 0.717) is 0 Å². The number of rotatable bonds is 7. The number of carbonyl (C=O) groups is 1. The normalized spacial score (nSPS) is 11.4. The van der Waals surface area contributed by atoms with Crippen molar-refractivity contribution < 1.29 is 27.1 Å². The lowest BCUT2D eigenvalue weighted by atomic mass is 10.1. The first-order valence-electron chi connectivity index (χ1n) is 9.35. The van der Waals surface area contributed by atoms with Gasteiger partial charge in [0, 0.05) is 18.5 Å². The molecule has 0 saturated carbocycles. The minimum Gasteiger partial charge on any atom is -0.491 e. The summed E-state index contributed by atoms with van der Waals surface area (Å²) in [5, 5.41) is 5.39. The van der Waals surface area contributed by atoms with E-state index in [0.717, 1.165) is 24.3 Å². The average Bonchev–Trinajstić information content (AvgIpc) is 2.75. The maximum atomic E-state index is 13.2. The van der Waals surface area contributed by atoms with E-state index in [9.17, 15) is 22.8 Å². The smallest absolute Gasteiger partial charge is 0.416 e. The summed E-state index contributed by atoms with van der Waals surface area (Å²) in [5.41, 5.74) is -1.11. The van der Waals surface area contributed by atoms with Gasteiger partial charge in [0.05, 0.1) is 28.1 Å². The van der Waals surface area contributed by atoms with Crippen LogP contribution in [0, 0.1) is 0 Å². The van der Waals surface area contributed by atoms with Crippen molar-refractivity contribution in [2.24, 2.45) is 0 Å². The molecule has 2 amide bonds. The Bertz CT molecular complexity index is 1180. The molecule has 6 nitrogen and oxygen atoms in total. The predicted molar refractivity (Wildman–Crippen MR) is 116 cm³/mol. The molecule has 0 unspecified atom stereocenters. The van der Waals surface area contributed by atoms with Crippen LogP contribution in [0.3, 0.4) is 0 Å². The fourth-order valence-corrected chi connectivity index (χ4v) is 3.15. The number of ether oxygens (including phenoxy) is 1. The lowest BCUT2D eigenvalue weighted by Gasteiger charge is -2.15. The monoisotopic (exact) mass is 488 g/mol. The van der Waals surface area contributed by atoms with Gasteiger partial charge in [-0.1, -0.05) is 17.7 Å². The summed E-state index contributed by atoms with van der Waals surface area (Å²) in [6.45, 7) is 0.133. The van der Waals surface area contributed by atoms with Crippen LogP contribution in [-0.2, 0) is 6.18 Å². The minimum absolute atomic E-state index is 0.00728. The molecule has 11 heteroatoms. The first-order chi connectivity index (χ1) is 15.2. The summed E-state index contributed by atoms with van der Waals surface area (Å²) < 4.78 is 50.9. The Kier molecular flexibility index (Phi) is 7.52. The molecule has 0 aliphatic carbocycles. The number of amides is 2. The molecule has 0 saturated heterocycles. The Balaban J connectivity index is 1.92. The standard InChI is InChI=1S/C21H17Cl2F3N2O4/c22-6-7-27-20(30)28-8-9-31-17-10-12(21(24,25)26)4-5-14(17)18-11-16(29)13-2-1-3-15(23)19(13)32-18/h1-5,10-11H,6-9H2,(H2,27,28,30). The van der Waals surface area contributed by atoms with Crippen LogP contribution >= 0.6 is 23.2 Å². The largest absolute Gasteiger partial charge is 0.491 e. The first kappa shape index (κ1) is 23.7. The third kappa shape index (κ3) is 5.66. The van der Waals surface area contributed by atoms with Crippen LogP contribution < -0.4 is 20.8 Å². The molecule has 0 radical (unpaired) electrons. The Morgan fingerprint density at radius 1 is 1.09 bits per heavy atom. The zero-order chi connectivity index (χ0) is 23.3. The van der Waals surface area contributed by atoms with Crippen molar-refractivity contribution in [1.29, 1.82) is 0 Å². The molecule has 32 heavy (non-hydrogen) atoms. The van der Waals surface area contributed by atoms with Crippen LogP contribution in [0.1, 0.15) is 5.56 Å². The molecular weight excluding hydrogens is 472 g/mol. The Hall–Kier alpha value is -2.91. The zero-order valence-corrected chi connectivity index (χ0v) is 17.9. The van der Waals surface area contributed by atoms with Gasteiger partial charge in [0.2, 0.25) is 0 Å². The summed E-state index contributed by atoms with van der Waals surface area (Å²) in [7, 11) is 0. The van der Waals surface area contributed by atoms with Crippen LogP contribution in [0.15, 0.2) is 51.7 Å². The van der Waals surface area contributed by atoms with Gasteiger partial charge in [0.15, 0.2) is 11.0 Å². The van der Waals surface area contributed by atoms with Gasteiger partial charge in [0.25, 0.3) is 0 Å². The fourth-order valence-electron chi connectivity index (χ4n) is 2.85. The molecule has 0 spiro atoms. The summed E-state index contributed by atoms with van der Waals surface area (Å²) >= 11 is 11.6. The lowest BCUT2D eigenvalue weighted by molar-refractivity contribution is -0.137. The van der Waals surface area contributed by atoms with Gasteiger partial charge in [-0.2, -0.15) is 13.2 Å². The molecule has 0 aliphatic rings. The summed E-state index contributed by atoms with van der Waals surface area (Å²) in [5.74, 6) is 0.0582. The first-order valence-corrected chi connectivity index (χ1v) is 10.3. The number of hydrogen-bond acceptors (Lipinski definition) is 4. The number of fused-ring (bicyclic) bond motifs is 1. The van der Waals surface area contributed by atoms with Crippen molar-refractivity contribution in [1.82, 2.24) is 10.6 Å². The number of nitrogens with one attached hydrogen (secondary N) is 2. The number of benzene rings is 2. The molecule has 2 N–H and O–H groups in total. The van der Waals surface area contributed by atoms with E-state index < -0.39 is 23.2 Å². The van der Waals surface area contributed by atoms with Crippen LogP contribution in [0.4, 0.5) is 18.0 Å². The van der Waals surface area contributed by atoms with Crippen molar-refractivity contribution in [3.8, 4) is 17.1 Å². The second kappa shape index (κ2) is 10.1. The van der Waals surface area contributed by atoms with E-state index in [1.807, 2.05) is 0 Å². The quantitative estimate of drug-likeness (QED) is 0.360. The van der Waals surface area contributed by atoms with E-state index >= 15 is 0 Å². The van der Waals surface area contributed by atoms with Crippen molar-refractivity contribution in [3.63, 3.8) is 0 Å². The minimum atomic E-state index is -4.61. The lowest BCUT2D eigenvalue weighted by Crippen LogP contribution is -2.38. The number of halogens is 5. The maximum Gasteiger partial charge on any atom is 0.416 e. The van der Waals surface area contributed by atoms with Crippen LogP contribution in [0.25, 0.3) is 22.3 Å². The van der Waals surface area contributed by atoms with Crippen LogP contribution in [0.2, 0.25) is 5.02 Å². The molecule has 2 aromatic carbocycles. The summed E-state index contributed by atoms with van der Waals surface area (Å²) in [6.07, 6.45) is -4.61. The fraction of sp³-hybridized carbons (Fsp3) is 0.238. The molecule has 1 heterocycles. The van der Waals surface area contributed by atoms with E-state index in [1.165, 1.54) is 12.1 Å². The molecule has 0 atom stereocenters. The summed E-state index contributed by atoms with van der Waals surface area (Å²) in [4.78, 5) is 24.0. The molecule has 0 bridgehead atoms. The van der Waals surface area contributed by atoms with Crippen molar-refractivity contribution in [2.45, 2.75) is 6.18 Å². The van der Waals surface area contributed by atoms with Crippen molar-refractivity contribution in [2.75, 3.05) is 25.6 Å². The molecule has 0 fully saturated rings. The average molecular weight is 489 g/mol. The van der Waals surface area contributed by atoms with Gasteiger partial charge in [0.1, 0.15) is 18.1 Å². The van der Waals surface area contributed by atoms with Gasteiger partial charge < -0.3 is 19.8 Å². The Labute approximate surface area is 190 Å². The summed E-state index contributed by atoms with van der Waals surface area (Å²) in [6, 6.07) is 8.13. The van der Waals surface area contributed by atoms with Gasteiger partial charge in [-0.05, 0) is 30.3 Å². The second-order valence-electron chi connectivity index (χ2n) is 6.52. The third-order valence-electron chi connectivity index (χ3n) is 4.31. The van der Waals surface area contributed by atoms with Gasteiger partial charge >= 0.3 is 12.2 Å². The Morgan fingerprint density at radius 3 is 2.56 bits per heavy atom. The van der Waals surface area contributed by atoms with Gasteiger partial charge in [-0.25, -0.2) is 4.79 Å². The van der Waals surface area contributed by atoms with E-state index in [4.69, 9.17) is 32.4 Å². The van der Waals surface area contributed by atoms with E-state index in [1.54, 1.807) is 6.07 Å². The topological polar surface area (TPSA) is 80.6 Å². The highest BCUT2D eigenvalue weighted by atomic mass is 35.5. The molecule has 1 aromatic heterocycles. The Morgan fingerprint density at radius 2 is 1.84 bits per heavy atom. The maximum absolute atomic E-state index is 13.2. The molecule has 3 rings (SSSR count). The highest BCUT2D eigenvalue weighted by molar-refractivity contribution is 6.34. The SMILES string of the molecule is O=C(NCCCl)NCCOc1cc(C(F)(F)F)ccc1-c1cc(=O)c2cccc(Cl)c2o1. The van der Waals surface area contributed by atoms with Gasteiger partial charge in [-0.3, -0.25) is 4.79 Å². The predicted octanol–water partition coefficient (Wildman–Crippen LogP) is 5.05. The molecule has 3 aromatic rings. The zero-order valence-electron chi connectivity index (χ0n) is 16.4. The number of para-hydroxylation sites is 1. The van der Waals surface area contributed by atoms with Crippen LogP contribution in [-0.4, -0.2) is 31.6 Å². The second-order valence-corrected chi connectivity index (χ2v) is 7.31. The van der Waals surface area contributed by atoms with Gasteiger partial charge in [-0.15, -0.1) is 11.6 Å². The third-order valence-corrected chi connectivity index (χ3v) is 4.79. The number of carbonyl (C=O) groups excluding carboxylic acids is 1. The molecule has 0 aliphatic heterocycles. The molecular formula is C21H17Cl2F3N2O4. The van der Waals surface area contributed by atoms with Crippen molar-refractivity contribution in [3.05, 3.63) is 63.3 Å². The highest BCUT2D eigenvalue weighted by Crippen LogP contribution is 2.38. The number of urea groups is 1. The highest BCUT2D eigenvalue weighted by Gasteiger charge is 2.31. The van der Waals surface area contributed by atoms with Crippen LogP contribution in [0.5, 0.6) is 5.75 Å². The number of hydrogen-bond donors (Lipinski definition) is 2. The van der Waals surface area contributed by atoms with Crippen molar-refractivity contribution >= 4 is 40.2 Å². The number of alkyl halides is 4. The van der Waals surface area contributed by atoms with E-state index in [2.05, 4.69) is 10.6 Å². The molecule has 170 valence electrons.